The third-order valence-electron chi connectivity index (χ3n) is 3.90. The molecule has 0 bridgehead atoms. The monoisotopic (exact) mass is 355 g/mol. The molecule has 128 valence electrons. The number of ether oxygens (including phenoxy) is 1. The van der Waals surface area contributed by atoms with Gasteiger partial charge in [0.25, 0.3) is 0 Å². The number of hydrogen-bond donors (Lipinski definition) is 2. The first-order chi connectivity index (χ1) is 12.1. The standard InChI is InChI=1S/C19H18N2O3S/c1-3-21-17(13-6-10-16(24-2)11-7-13)12-25-19(21)20-15-8-4-14(5-9-15)18(22)23/h4-12H,3H2,1-2H3,(H,22,23)/p+1. The van der Waals surface area contributed by atoms with Crippen LogP contribution < -0.4 is 14.6 Å². The highest BCUT2D eigenvalue weighted by Gasteiger charge is 2.18. The van der Waals surface area contributed by atoms with Crippen LogP contribution in [0.25, 0.3) is 11.3 Å². The van der Waals surface area contributed by atoms with Gasteiger partial charge in [-0.1, -0.05) is 11.3 Å². The average molecular weight is 355 g/mol. The van der Waals surface area contributed by atoms with Crippen molar-refractivity contribution in [1.82, 2.24) is 0 Å². The first kappa shape index (κ1) is 17.0. The Morgan fingerprint density at radius 1 is 1.16 bits per heavy atom. The topological polar surface area (TPSA) is 62.4 Å². The maximum Gasteiger partial charge on any atom is 0.339 e. The van der Waals surface area contributed by atoms with Crippen molar-refractivity contribution in [2.45, 2.75) is 13.5 Å². The Kier molecular flexibility index (Phi) is 5.00. The van der Waals surface area contributed by atoms with Crippen molar-refractivity contribution in [3.05, 3.63) is 59.5 Å². The average Bonchev–Trinajstić information content (AvgIpc) is 3.04. The Morgan fingerprint density at radius 2 is 1.84 bits per heavy atom. The number of aromatic carboxylic acids is 1. The van der Waals surface area contributed by atoms with E-state index in [1.165, 1.54) is 0 Å². The predicted octanol–water partition coefficient (Wildman–Crippen LogP) is 4.17. The normalized spacial score (nSPS) is 10.5. The summed E-state index contributed by atoms with van der Waals surface area (Å²) in [6.07, 6.45) is 0. The summed E-state index contributed by atoms with van der Waals surface area (Å²) in [6, 6.07) is 14.7. The number of carboxylic acids is 1. The van der Waals surface area contributed by atoms with Crippen molar-refractivity contribution in [2.75, 3.05) is 12.4 Å². The minimum atomic E-state index is -0.923. The fraction of sp³-hybridized carbons (Fsp3) is 0.158. The third kappa shape index (κ3) is 3.64. The van der Waals surface area contributed by atoms with Crippen LogP contribution >= 0.6 is 11.3 Å². The van der Waals surface area contributed by atoms with Gasteiger partial charge in [-0.05, 0) is 55.5 Å². The van der Waals surface area contributed by atoms with E-state index in [-0.39, 0.29) is 5.56 Å². The minimum Gasteiger partial charge on any atom is -0.497 e. The number of anilines is 2. The molecule has 0 spiro atoms. The molecule has 0 aliphatic carbocycles. The summed E-state index contributed by atoms with van der Waals surface area (Å²) < 4.78 is 7.41. The van der Waals surface area contributed by atoms with E-state index in [4.69, 9.17) is 9.84 Å². The van der Waals surface area contributed by atoms with Crippen LogP contribution in [0.5, 0.6) is 5.75 Å². The van der Waals surface area contributed by atoms with E-state index in [1.54, 1.807) is 42.7 Å². The summed E-state index contributed by atoms with van der Waals surface area (Å²) in [5, 5.41) is 15.5. The number of thiazole rings is 1. The first-order valence-corrected chi connectivity index (χ1v) is 8.76. The maximum atomic E-state index is 10.9. The second kappa shape index (κ2) is 7.36. The summed E-state index contributed by atoms with van der Waals surface area (Å²) in [5.74, 6) is -0.0908. The number of carboxylic acid groups (broad SMARTS) is 1. The van der Waals surface area contributed by atoms with E-state index in [2.05, 4.69) is 22.2 Å². The van der Waals surface area contributed by atoms with Gasteiger partial charge in [0.05, 0.1) is 19.2 Å². The van der Waals surface area contributed by atoms with Gasteiger partial charge in [-0.25, -0.2) is 14.7 Å². The van der Waals surface area contributed by atoms with Crippen molar-refractivity contribution < 1.29 is 19.2 Å². The van der Waals surface area contributed by atoms with Gasteiger partial charge in [0, 0.05) is 10.9 Å². The maximum absolute atomic E-state index is 10.9. The number of benzene rings is 2. The summed E-state index contributed by atoms with van der Waals surface area (Å²) in [4.78, 5) is 10.9. The third-order valence-corrected chi connectivity index (χ3v) is 4.79. The van der Waals surface area contributed by atoms with Gasteiger partial charge in [0.1, 0.15) is 17.1 Å². The van der Waals surface area contributed by atoms with Crippen LogP contribution in [0.2, 0.25) is 0 Å². The number of aromatic nitrogens is 1. The molecular formula is C19H19N2O3S+. The molecule has 0 unspecified atom stereocenters. The fourth-order valence-corrected chi connectivity index (χ4v) is 3.58. The van der Waals surface area contributed by atoms with Crippen LogP contribution in [-0.2, 0) is 6.54 Å². The summed E-state index contributed by atoms with van der Waals surface area (Å²) in [6.45, 7) is 2.92. The molecule has 2 N–H and O–H groups in total. The molecular weight excluding hydrogens is 336 g/mol. The molecule has 3 rings (SSSR count). The lowest BCUT2D eigenvalue weighted by molar-refractivity contribution is -0.664. The van der Waals surface area contributed by atoms with Gasteiger partial charge in [0.15, 0.2) is 0 Å². The fourth-order valence-electron chi connectivity index (χ4n) is 2.56. The van der Waals surface area contributed by atoms with Crippen molar-refractivity contribution in [2.24, 2.45) is 0 Å². The van der Waals surface area contributed by atoms with E-state index in [0.29, 0.717) is 0 Å². The highest BCUT2D eigenvalue weighted by atomic mass is 32.1. The van der Waals surface area contributed by atoms with Crippen molar-refractivity contribution in [3.63, 3.8) is 0 Å². The largest absolute Gasteiger partial charge is 0.497 e. The zero-order valence-corrected chi connectivity index (χ0v) is 14.8. The van der Waals surface area contributed by atoms with Crippen LogP contribution in [-0.4, -0.2) is 18.2 Å². The summed E-state index contributed by atoms with van der Waals surface area (Å²) in [7, 11) is 1.66. The van der Waals surface area contributed by atoms with Crippen LogP contribution in [0.15, 0.2) is 53.9 Å². The highest BCUT2D eigenvalue weighted by Crippen LogP contribution is 2.27. The molecule has 0 saturated carbocycles. The quantitative estimate of drug-likeness (QED) is 0.652. The van der Waals surface area contributed by atoms with E-state index in [1.807, 2.05) is 24.3 Å². The summed E-state index contributed by atoms with van der Waals surface area (Å²) in [5.41, 5.74) is 3.38. The number of hydrogen-bond acceptors (Lipinski definition) is 4. The molecule has 0 aliphatic rings. The van der Waals surface area contributed by atoms with Gasteiger partial charge < -0.3 is 9.84 Å². The molecule has 1 aromatic heterocycles. The van der Waals surface area contributed by atoms with Crippen LogP contribution in [0.1, 0.15) is 17.3 Å². The lowest BCUT2D eigenvalue weighted by Gasteiger charge is -2.05. The second-order valence-corrected chi connectivity index (χ2v) is 6.26. The number of nitrogens with one attached hydrogen (secondary N) is 1. The lowest BCUT2D eigenvalue weighted by atomic mass is 10.1. The van der Waals surface area contributed by atoms with Gasteiger partial charge in [-0.3, -0.25) is 0 Å². The Labute approximate surface area is 150 Å². The van der Waals surface area contributed by atoms with Crippen LogP contribution in [0, 0.1) is 0 Å². The zero-order valence-electron chi connectivity index (χ0n) is 14.0. The number of carbonyl (C=O) groups is 1. The Hall–Kier alpha value is -2.86. The molecule has 3 aromatic rings. The molecule has 0 amide bonds. The molecule has 0 saturated heterocycles. The predicted molar refractivity (Wildman–Crippen MR) is 98.9 cm³/mol. The van der Waals surface area contributed by atoms with Crippen LogP contribution in [0.4, 0.5) is 10.8 Å². The SMILES string of the molecule is CC[n+]1c(-c2ccc(OC)cc2)csc1Nc1ccc(C(=O)O)cc1. The smallest absolute Gasteiger partial charge is 0.339 e. The number of methoxy groups -OCH3 is 1. The van der Waals surface area contributed by atoms with E-state index in [0.717, 1.165) is 34.4 Å². The Balaban J connectivity index is 1.87. The van der Waals surface area contributed by atoms with Crippen molar-refractivity contribution in [1.29, 1.82) is 0 Å². The van der Waals surface area contributed by atoms with Crippen LogP contribution in [0.3, 0.4) is 0 Å². The van der Waals surface area contributed by atoms with Crippen molar-refractivity contribution in [3.8, 4) is 17.0 Å². The van der Waals surface area contributed by atoms with E-state index >= 15 is 0 Å². The van der Waals surface area contributed by atoms with E-state index in [9.17, 15) is 4.79 Å². The highest BCUT2D eigenvalue weighted by molar-refractivity contribution is 7.13. The lowest BCUT2D eigenvalue weighted by Crippen LogP contribution is -2.35. The minimum absolute atomic E-state index is 0.277. The number of nitrogens with zero attached hydrogens (tertiary/aromatic N) is 1. The first-order valence-electron chi connectivity index (χ1n) is 7.88. The molecule has 6 heteroatoms. The molecule has 0 fully saturated rings. The second-order valence-electron chi connectivity index (χ2n) is 5.41. The number of rotatable bonds is 6. The molecule has 5 nitrogen and oxygen atoms in total. The van der Waals surface area contributed by atoms with Gasteiger partial charge in [-0.2, -0.15) is 0 Å². The molecule has 0 radical (unpaired) electrons. The molecule has 2 aromatic carbocycles. The molecule has 0 atom stereocenters. The molecule has 0 aliphatic heterocycles. The zero-order chi connectivity index (χ0) is 17.8. The van der Waals surface area contributed by atoms with E-state index < -0.39 is 5.97 Å². The van der Waals surface area contributed by atoms with Gasteiger partial charge in [0.2, 0.25) is 0 Å². The summed E-state index contributed by atoms with van der Waals surface area (Å²) >= 11 is 1.62. The molecule has 1 heterocycles. The Morgan fingerprint density at radius 3 is 2.40 bits per heavy atom. The van der Waals surface area contributed by atoms with Crippen molar-refractivity contribution >= 4 is 28.1 Å². The Bertz CT molecular complexity index is 871. The van der Waals surface area contributed by atoms with Gasteiger partial charge >= 0.3 is 11.1 Å². The molecule has 25 heavy (non-hydrogen) atoms. The van der Waals surface area contributed by atoms with Gasteiger partial charge in [-0.15, -0.1) is 0 Å².